The molecular formula is C19H16Cl2N4OS. The van der Waals surface area contributed by atoms with Gasteiger partial charge in [0.1, 0.15) is 0 Å². The number of halogens is 2. The second-order valence-corrected chi connectivity index (χ2v) is 7.87. The van der Waals surface area contributed by atoms with E-state index < -0.39 is 0 Å². The quantitative estimate of drug-likeness (QED) is 0.410. The van der Waals surface area contributed by atoms with Gasteiger partial charge < -0.3 is 15.1 Å². The van der Waals surface area contributed by atoms with Crippen molar-refractivity contribution in [3.63, 3.8) is 0 Å². The van der Waals surface area contributed by atoms with Crippen LogP contribution in [0.15, 0.2) is 58.3 Å². The number of aromatic amines is 1. The third-order valence-corrected chi connectivity index (χ3v) is 5.67. The van der Waals surface area contributed by atoms with Crippen molar-refractivity contribution in [3.05, 3.63) is 75.7 Å². The monoisotopic (exact) mass is 418 g/mol. The number of H-pyrrole nitrogens is 1. The minimum Gasteiger partial charge on any atom is -0.414 e. The fourth-order valence-electron chi connectivity index (χ4n) is 2.83. The number of benzene rings is 2. The van der Waals surface area contributed by atoms with Crippen molar-refractivity contribution in [3.8, 4) is 0 Å². The number of nitrogens with two attached hydrogens (primary N) is 1. The molecule has 0 aliphatic carbocycles. The highest BCUT2D eigenvalue weighted by Crippen LogP contribution is 2.29. The molecule has 0 spiro atoms. The van der Waals surface area contributed by atoms with E-state index in [-0.39, 0.29) is 6.04 Å². The average Bonchev–Trinajstić information content (AvgIpc) is 3.29. The van der Waals surface area contributed by atoms with Gasteiger partial charge in [0, 0.05) is 32.9 Å². The highest BCUT2D eigenvalue weighted by Gasteiger charge is 2.17. The molecule has 27 heavy (non-hydrogen) atoms. The van der Waals surface area contributed by atoms with Gasteiger partial charge in [-0.1, -0.05) is 59.2 Å². The van der Waals surface area contributed by atoms with Crippen molar-refractivity contribution in [1.82, 2.24) is 15.2 Å². The number of thioether (sulfide) groups is 1. The van der Waals surface area contributed by atoms with Gasteiger partial charge in [-0.3, -0.25) is 0 Å². The Balaban J connectivity index is 1.42. The van der Waals surface area contributed by atoms with Crippen molar-refractivity contribution < 1.29 is 4.42 Å². The molecule has 0 saturated carbocycles. The van der Waals surface area contributed by atoms with Crippen LogP contribution in [0.5, 0.6) is 0 Å². The second-order valence-electron chi connectivity index (χ2n) is 6.10. The second kappa shape index (κ2) is 7.94. The maximum atomic E-state index is 6.28. The lowest BCUT2D eigenvalue weighted by Crippen LogP contribution is -2.13. The minimum absolute atomic E-state index is 0.370. The number of nitrogens with zero attached hydrogens (tertiary/aromatic N) is 2. The van der Waals surface area contributed by atoms with Crippen molar-refractivity contribution >= 4 is 45.9 Å². The normalized spacial score (nSPS) is 12.6. The third kappa shape index (κ3) is 4.14. The summed E-state index contributed by atoms with van der Waals surface area (Å²) in [5.41, 5.74) is 9.44. The number of para-hydroxylation sites is 1. The van der Waals surface area contributed by atoms with Crippen LogP contribution in [-0.2, 0) is 12.2 Å². The van der Waals surface area contributed by atoms with Gasteiger partial charge in [-0.05, 0) is 35.7 Å². The standard InChI is InChI=1S/C19H16Cl2N4OS/c20-13-6-5-11(15(21)8-13)10-27-19-25-24-18(26-19)16(22)7-12-9-23-17-4-2-1-3-14(12)17/h1-6,8-9,16,23H,7,10,22H2/t16-/m0/s1. The summed E-state index contributed by atoms with van der Waals surface area (Å²) in [6.07, 6.45) is 2.58. The number of nitrogens with one attached hydrogen (secondary N) is 1. The van der Waals surface area contributed by atoms with E-state index in [0.29, 0.717) is 33.3 Å². The average molecular weight is 419 g/mol. The first-order valence-corrected chi connectivity index (χ1v) is 10.0. The van der Waals surface area contributed by atoms with Gasteiger partial charge in [0.25, 0.3) is 5.22 Å². The summed E-state index contributed by atoms with van der Waals surface area (Å²) < 4.78 is 5.73. The Morgan fingerprint density at radius 1 is 1.11 bits per heavy atom. The van der Waals surface area contributed by atoms with E-state index in [0.717, 1.165) is 22.0 Å². The van der Waals surface area contributed by atoms with Crippen LogP contribution < -0.4 is 5.73 Å². The maximum absolute atomic E-state index is 6.28. The smallest absolute Gasteiger partial charge is 0.276 e. The molecule has 0 fully saturated rings. The van der Waals surface area contributed by atoms with Gasteiger partial charge >= 0.3 is 0 Å². The molecule has 138 valence electrons. The molecule has 4 aromatic rings. The van der Waals surface area contributed by atoms with E-state index in [1.807, 2.05) is 30.5 Å². The van der Waals surface area contributed by atoms with Gasteiger partial charge in [-0.2, -0.15) is 0 Å². The predicted octanol–water partition coefficient (Wildman–Crippen LogP) is 5.39. The summed E-state index contributed by atoms with van der Waals surface area (Å²) in [4.78, 5) is 3.25. The number of rotatable bonds is 6. The van der Waals surface area contributed by atoms with Crippen LogP contribution in [0.3, 0.4) is 0 Å². The van der Waals surface area contributed by atoms with E-state index in [1.165, 1.54) is 11.8 Å². The lowest BCUT2D eigenvalue weighted by atomic mass is 10.1. The number of aromatic nitrogens is 3. The lowest BCUT2D eigenvalue weighted by molar-refractivity contribution is 0.385. The van der Waals surface area contributed by atoms with Crippen molar-refractivity contribution in [2.45, 2.75) is 23.4 Å². The molecule has 2 aromatic heterocycles. The van der Waals surface area contributed by atoms with E-state index in [1.54, 1.807) is 12.1 Å². The van der Waals surface area contributed by atoms with Gasteiger partial charge in [-0.25, -0.2) is 0 Å². The Bertz CT molecular complexity index is 1080. The molecule has 2 heterocycles. The van der Waals surface area contributed by atoms with E-state index in [9.17, 15) is 0 Å². The predicted molar refractivity (Wildman–Crippen MR) is 109 cm³/mol. The molecule has 0 radical (unpaired) electrons. The largest absolute Gasteiger partial charge is 0.414 e. The molecule has 0 aliphatic rings. The maximum Gasteiger partial charge on any atom is 0.276 e. The molecule has 2 aromatic carbocycles. The van der Waals surface area contributed by atoms with Gasteiger partial charge in [-0.15, -0.1) is 10.2 Å². The first-order valence-electron chi connectivity index (χ1n) is 8.31. The van der Waals surface area contributed by atoms with Crippen LogP contribution in [0.2, 0.25) is 10.0 Å². The lowest BCUT2D eigenvalue weighted by Gasteiger charge is -2.06. The zero-order chi connectivity index (χ0) is 18.8. The molecule has 0 saturated heterocycles. The zero-order valence-corrected chi connectivity index (χ0v) is 16.5. The Labute approximate surface area is 170 Å². The molecule has 0 amide bonds. The Morgan fingerprint density at radius 3 is 2.81 bits per heavy atom. The fourth-order valence-corrected chi connectivity index (χ4v) is 4.16. The van der Waals surface area contributed by atoms with Crippen molar-refractivity contribution in [2.24, 2.45) is 5.73 Å². The van der Waals surface area contributed by atoms with Crippen LogP contribution >= 0.6 is 35.0 Å². The molecule has 4 rings (SSSR count). The first kappa shape index (κ1) is 18.4. The summed E-state index contributed by atoms with van der Waals surface area (Å²) in [7, 11) is 0. The Morgan fingerprint density at radius 2 is 1.96 bits per heavy atom. The summed E-state index contributed by atoms with van der Waals surface area (Å²) in [5.74, 6) is 1.03. The van der Waals surface area contributed by atoms with Crippen molar-refractivity contribution in [2.75, 3.05) is 0 Å². The number of hydrogen-bond acceptors (Lipinski definition) is 5. The van der Waals surface area contributed by atoms with Crippen molar-refractivity contribution in [1.29, 1.82) is 0 Å². The topological polar surface area (TPSA) is 80.7 Å². The summed E-state index contributed by atoms with van der Waals surface area (Å²) in [6.45, 7) is 0. The summed E-state index contributed by atoms with van der Waals surface area (Å²) >= 11 is 13.5. The van der Waals surface area contributed by atoms with E-state index in [2.05, 4.69) is 21.2 Å². The number of fused-ring (bicyclic) bond motifs is 1. The van der Waals surface area contributed by atoms with E-state index >= 15 is 0 Å². The van der Waals surface area contributed by atoms with E-state index in [4.69, 9.17) is 33.4 Å². The molecule has 5 nitrogen and oxygen atoms in total. The van der Waals surface area contributed by atoms with Gasteiger partial charge in [0.05, 0.1) is 6.04 Å². The molecule has 8 heteroatoms. The third-order valence-electron chi connectivity index (χ3n) is 4.22. The SMILES string of the molecule is N[C@@H](Cc1c[nH]c2ccccc12)c1nnc(SCc2ccc(Cl)cc2Cl)o1. The fraction of sp³-hybridized carbons (Fsp3) is 0.158. The zero-order valence-electron chi connectivity index (χ0n) is 14.2. The number of hydrogen-bond donors (Lipinski definition) is 2. The Kier molecular flexibility index (Phi) is 5.41. The molecule has 0 bridgehead atoms. The molecule has 1 atom stereocenters. The van der Waals surface area contributed by atoms with Crippen LogP contribution in [-0.4, -0.2) is 15.2 Å². The van der Waals surface area contributed by atoms with Gasteiger partial charge in [0.15, 0.2) is 0 Å². The Hall–Kier alpha value is -1.99. The van der Waals surface area contributed by atoms with Crippen LogP contribution in [0.4, 0.5) is 0 Å². The first-order chi connectivity index (χ1) is 13.1. The minimum atomic E-state index is -0.370. The molecule has 3 N–H and O–H groups in total. The van der Waals surface area contributed by atoms with Gasteiger partial charge in [0.2, 0.25) is 5.89 Å². The summed E-state index contributed by atoms with van der Waals surface area (Å²) in [5, 5.41) is 11.0. The summed E-state index contributed by atoms with van der Waals surface area (Å²) in [6, 6.07) is 13.1. The molecule has 0 aliphatic heterocycles. The highest BCUT2D eigenvalue weighted by atomic mass is 35.5. The van der Waals surface area contributed by atoms with Crippen LogP contribution in [0, 0.1) is 0 Å². The van der Waals surface area contributed by atoms with Crippen LogP contribution in [0.25, 0.3) is 10.9 Å². The highest BCUT2D eigenvalue weighted by molar-refractivity contribution is 7.98. The molecular weight excluding hydrogens is 403 g/mol. The molecule has 0 unspecified atom stereocenters. The van der Waals surface area contributed by atoms with Crippen LogP contribution in [0.1, 0.15) is 23.1 Å².